The van der Waals surface area contributed by atoms with Gasteiger partial charge in [-0.1, -0.05) is 26.2 Å². The Bertz CT molecular complexity index is 161. The van der Waals surface area contributed by atoms with Crippen molar-refractivity contribution in [3.63, 3.8) is 0 Å². The Balaban J connectivity index is 3.38. The van der Waals surface area contributed by atoms with Gasteiger partial charge in [0.25, 0.3) is 0 Å². The first kappa shape index (κ1) is 13.4. The zero-order chi connectivity index (χ0) is 11.0. The van der Waals surface area contributed by atoms with Crippen LogP contribution in [0.15, 0.2) is 0 Å². The van der Waals surface area contributed by atoms with Crippen LogP contribution in [0.2, 0.25) is 0 Å². The SMILES string of the molecule is CCCCCCC(=O)NOC(C)(C)C. The number of unbranched alkanes of at least 4 members (excludes halogenated alkanes) is 3. The zero-order valence-corrected chi connectivity index (χ0v) is 9.85. The third-order valence-electron chi connectivity index (χ3n) is 1.73. The van der Waals surface area contributed by atoms with Gasteiger partial charge in [-0.2, -0.15) is 0 Å². The van der Waals surface area contributed by atoms with E-state index in [9.17, 15) is 4.79 Å². The lowest BCUT2D eigenvalue weighted by Gasteiger charge is -2.18. The van der Waals surface area contributed by atoms with Crippen LogP contribution in [0.4, 0.5) is 0 Å². The standard InChI is InChI=1S/C11H23NO2/c1-5-6-7-8-9-10(13)12-14-11(2,3)4/h5-9H2,1-4H3,(H,12,13). The molecule has 0 aliphatic rings. The number of hydrogen-bond acceptors (Lipinski definition) is 2. The van der Waals surface area contributed by atoms with E-state index >= 15 is 0 Å². The van der Waals surface area contributed by atoms with E-state index in [1.165, 1.54) is 12.8 Å². The van der Waals surface area contributed by atoms with Gasteiger partial charge in [0.15, 0.2) is 0 Å². The summed E-state index contributed by atoms with van der Waals surface area (Å²) in [5.41, 5.74) is 2.15. The number of carbonyl (C=O) groups excluding carboxylic acids is 1. The van der Waals surface area contributed by atoms with Crippen molar-refractivity contribution < 1.29 is 9.63 Å². The molecule has 14 heavy (non-hydrogen) atoms. The van der Waals surface area contributed by atoms with Crippen molar-refractivity contribution in [3.8, 4) is 0 Å². The summed E-state index contributed by atoms with van der Waals surface area (Å²) in [6.45, 7) is 7.88. The van der Waals surface area contributed by atoms with Crippen molar-refractivity contribution in [2.24, 2.45) is 0 Å². The van der Waals surface area contributed by atoms with Gasteiger partial charge in [0, 0.05) is 6.42 Å². The van der Waals surface area contributed by atoms with Gasteiger partial charge in [0.2, 0.25) is 5.91 Å². The molecule has 0 heterocycles. The second-order valence-electron chi connectivity index (χ2n) is 4.55. The fraction of sp³-hybridized carbons (Fsp3) is 0.909. The van der Waals surface area contributed by atoms with Crippen LogP contribution < -0.4 is 5.48 Å². The third-order valence-corrected chi connectivity index (χ3v) is 1.73. The lowest BCUT2D eigenvalue weighted by molar-refractivity contribution is -0.145. The molecule has 3 heteroatoms. The van der Waals surface area contributed by atoms with E-state index in [4.69, 9.17) is 4.84 Å². The largest absolute Gasteiger partial charge is 0.273 e. The lowest BCUT2D eigenvalue weighted by atomic mass is 10.1. The van der Waals surface area contributed by atoms with Crippen molar-refractivity contribution in [1.29, 1.82) is 0 Å². The van der Waals surface area contributed by atoms with Gasteiger partial charge in [-0.15, -0.1) is 0 Å². The molecule has 0 aromatic heterocycles. The minimum Gasteiger partial charge on any atom is -0.273 e. The van der Waals surface area contributed by atoms with E-state index in [0.717, 1.165) is 12.8 Å². The second kappa shape index (κ2) is 6.82. The van der Waals surface area contributed by atoms with Gasteiger partial charge in [-0.25, -0.2) is 5.48 Å². The van der Waals surface area contributed by atoms with Gasteiger partial charge in [0.1, 0.15) is 0 Å². The van der Waals surface area contributed by atoms with Crippen molar-refractivity contribution >= 4 is 5.91 Å². The summed E-state index contributed by atoms with van der Waals surface area (Å²) in [6.07, 6.45) is 5.04. The maximum atomic E-state index is 11.2. The highest BCUT2D eigenvalue weighted by atomic mass is 16.7. The molecule has 0 fully saturated rings. The van der Waals surface area contributed by atoms with Gasteiger partial charge in [-0.3, -0.25) is 9.63 Å². The zero-order valence-electron chi connectivity index (χ0n) is 9.85. The molecule has 0 aromatic rings. The minimum absolute atomic E-state index is 0.0176. The Kier molecular flexibility index (Phi) is 6.54. The molecular formula is C11H23NO2. The number of carbonyl (C=O) groups is 1. The molecular weight excluding hydrogens is 178 g/mol. The van der Waals surface area contributed by atoms with E-state index in [2.05, 4.69) is 12.4 Å². The molecule has 0 aromatic carbocycles. The van der Waals surface area contributed by atoms with Crippen LogP contribution in [0, 0.1) is 0 Å². The summed E-state index contributed by atoms with van der Waals surface area (Å²) in [7, 11) is 0. The quantitative estimate of drug-likeness (QED) is 0.530. The smallest absolute Gasteiger partial charge is 0.243 e. The molecule has 0 radical (unpaired) electrons. The van der Waals surface area contributed by atoms with Gasteiger partial charge >= 0.3 is 0 Å². The second-order valence-corrected chi connectivity index (χ2v) is 4.55. The highest BCUT2D eigenvalue weighted by Gasteiger charge is 2.12. The number of nitrogens with one attached hydrogen (secondary N) is 1. The van der Waals surface area contributed by atoms with Crippen molar-refractivity contribution in [2.75, 3.05) is 0 Å². The highest BCUT2D eigenvalue weighted by Crippen LogP contribution is 2.05. The van der Waals surface area contributed by atoms with Gasteiger partial charge < -0.3 is 0 Å². The molecule has 84 valence electrons. The first-order chi connectivity index (χ1) is 6.45. The number of amides is 1. The van der Waals surface area contributed by atoms with Crippen LogP contribution in [0.25, 0.3) is 0 Å². The maximum absolute atomic E-state index is 11.2. The average Bonchev–Trinajstić information content (AvgIpc) is 2.08. The van der Waals surface area contributed by atoms with Crippen LogP contribution in [-0.2, 0) is 9.63 Å². The van der Waals surface area contributed by atoms with E-state index < -0.39 is 0 Å². The average molecular weight is 201 g/mol. The molecule has 0 spiro atoms. The third kappa shape index (κ3) is 9.52. The van der Waals surface area contributed by atoms with Crippen molar-refractivity contribution in [2.45, 2.75) is 65.4 Å². The van der Waals surface area contributed by atoms with Gasteiger partial charge in [0.05, 0.1) is 5.60 Å². The molecule has 0 unspecified atom stereocenters. The number of rotatable bonds is 6. The van der Waals surface area contributed by atoms with Crippen LogP contribution in [-0.4, -0.2) is 11.5 Å². The van der Waals surface area contributed by atoms with Crippen LogP contribution in [0.1, 0.15) is 59.8 Å². The normalized spacial score (nSPS) is 11.4. The molecule has 0 bridgehead atoms. The van der Waals surface area contributed by atoms with Crippen molar-refractivity contribution in [3.05, 3.63) is 0 Å². The maximum Gasteiger partial charge on any atom is 0.243 e. The monoisotopic (exact) mass is 201 g/mol. The molecule has 3 nitrogen and oxygen atoms in total. The Morgan fingerprint density at radius 1 is 1.21 bits per heavy atom. The highest BCUT2D eigenvalue weighted by molar-refractivity contribution is 5.74. The molecule has 0 rings (SSSR count). The van der Waals surface area contributed by atoms with E-state index in [1.807, 2.05) is 20.8 Å². The summed E-state index contributed by atoms with van der Waals surface area (Å²) < 4.78 is 0. The Morgan fingerprint density at radius 2 is 1.86 bits per heavy atom. The predicted molar refractivity (Wildman–Crippen MR) is 57.7 cm³/mol. The topological polar surface area (TPSA) is 38.3 Å². The van der Waals surface area contributed by atoms with Gasteiger partial charge in [-0.05, 0) is 27.2 Å². The van der Waals surface area contributed by atoms with Crippen LogP contribution in [0.5, 0.6) is 0 Å². The first-order valence-corrected chi connectivity index (χ1v) is 5.42. The van der Waals surface area contributed by atoms with E-state index in [1.54, 1.807) is 0 Å². The summed E-state index contributed by atoms with van der Waals surface area (Å²) in [4.78, 5) is 16.4. The summed E-state index contributed by atoms with van der Waals surface area (Å²) in [6, 6.07) is 0. The Morgan fingerprint density at radius 3 is 2.36 bits per heavy atom. The summed E-state index contributed by atoms with van der Waals surface area (Å²) in [5.74, 6) is -0.0176. The predicted octanol–water partition coefficient (Wildman–Crippen LogP) is 2.80. The fourth-order valence-corrected chi connectivity index (χ4v) is 0.973. The summed E-state index contributed by atoms with van der Waals surface area (Å²) in [5, 5.41) is 0. The molecule has 0 aliphatic carbocycles. The fourth-order valence-electron chi connectivity index (χ4n) is 0.973. The molecule has 0 atom stereocenters. The van der Waals surface area contributed by atoms with Crippen LogP contribution in [0.3, 0.4) is 0 Å². The van der Waals surface area contributed by atoms with E-state index in [0.29, 0.717) is 6.42 Å². The molecule has 0 aliphatic heterocycles. The van der Waals surface area contributed by atoms with Crippen molar-refractivity contribution in [1.82, 2.24) is 5.48 Å². The Labute approximate surface area is 87.2 Å². The van der Waals surface area contributed by atoms with Crippen LogP contribution >= 0.6 is 0 Å². The summed E-state index contributed by atoms with van der Waals surface area (Å²) >= 11 is 0. The van der Waals surface area contributed by atoms with E-state index in [-0.39, 0.29) is 11.5 Å². The molecule has 1 amide bonds. The molecule has 1 N–H and O–H groups in total. The number of hydrogen-bond donors (Lipinski definition) is 1. The molecule has 0 saturated heterocycles. The molecule has 0 saturated carbocycles. The lowest BCUT2D eigenvalue weighted by Crippen LogP contribution is -2.33. The number of hydroxylamine groups is 1. The first-order valence-electron chi connectivity index (χ1n) is 5.42. The Hall–Kier alpha value is -0.570. The minimum atomic E-state index is -0.306.